The second kappa shape index (κ2) is 3.78. The van der Waals surface area contributed by atoms with Crippen molar-refractivity contribution in [3.8, 4) is 10.6 Å². The van der Waals surface area contributed by atoms with Crippen LogP contribution in [0.25, 0.3) is 10.6 Å². The largest absolute Gasteiger partial charge is 0.383 e. The van der Waals surface area contributed by atoms with Crippen LogP contribution in [0.2, 0.25) is 0 Å². The van der Waals surface area contributed by atoms with Crippen molar-refractivity contribution < 1.29 is 0 Å². The molecule has 4 nitrogen and oxygen atoms in total. The number of nitrogens with zero attached hydrogens (tertiary/aromatic N) is 2. The van der Waals surface area contributed by atoms with Crippen molar-refractivity contribution in [1.82, 2.24) is 9.97 Å². The summed E-state index contributed by atoms with van der Waals surface area (Å²) in [5.41, 5.74) is 7.26. The quantitative estimate of drug-likeness (QED) is 0.596. The summed E-state index contributed by atoms with van der Waals surface area (Å²) in [7, 11) is 0. The maximum atomic E-state index is 7.39. The van der Waals surface area contributed by atoms with Crippen LogP contribution in [-0.4, -0.2) is 15.8 Å². The Morgan fingerprint density at radius 1 is 1.40 bits per heavy atom. The molecule has 2 aromatic heterocycles. The van der Waals surface area contributed by atoms with Crippen LogP contribution in [-0.2, 0) is 0 Å². The van der Waals surface area contributed by atoms with Gasteiger partial charge in [0.15, 0.2) is 0 Å². The molecule has 2 heterocycles. The number of aromatic nitrogens is 2. The first-order chi connectivity index (χ1) is 7.18. The molecular weight excluding hydrogens is 208 g/mol. The molecule has 0 amide bonds. The molecule has 0 fully saturated rings. The summed E-state index contributed by atoms with van der Waals surface area (Å²) in [6.07, 6.45) is 3.44. The zero-order chi connectivity index (χ0) is 10.8. The Morgan fingerprint density at radius 2 is 2.07 bits per heavy atom. The van der Waals surface area contributed by atoms with Gasteiger partial charge < -0.3 is 5.73 Å². The molecule has 0 bridgehead atoms. The first-order valence-corrected chi connectivity index (χ1v) is 5.22. The summed E-state index contributed by atoms with van der Waals surface area (Å²) in [5.74, 6) is 0.0744. The summed E-state index contributed by atoms with van der Waals surface area (Å²) in [6.45, 7) is 1.86. The van der Waals surface area contributed by atoms with Gasteiger partial charge in [-0.2, -0.15) is 0 Å². The van der Waals surface area contributed by atoms with Gasteiger partial charge in [0.2, 0.25) is 0 Å². The minimum absolute atomic E-state index is 0.0744. The number of amidine groups is 1. The average molecular weight is 218 g/mol. The molecule has 0 aromatic carbocycles. The van der Waals surface area contributed by atoms with E-state index in [1.165, 1.54) is 11.3 Å². The van der Waals surface area contributed by atoms with E-state index in [9.17, 15) is 0 Å². The van der Waals surface area contributed by atoms with Gasteiger partial charge >= 0.3 is 0 Å². The third-order valence-electron chi connectivity index (χ3n) is 1.97. The van der Waals surface area contributed by atoms with Gasteiger partial charge in [0, 0.05) is 18.0 Å². The van der Waals surface area contributed by atoms with Gasteiger partial charge in [-0.25, -0.2) is 4.98 Å². The lowest BCUT2D eigenvalue weighted by Crippen LogP contribution is -2.10. The molecule has 3 N–H and O–H groups in total. The Labute approximate surface area is 91.3 Å². The monoisotopic (exact) mass is 218 g/mol. The van der Waals surface area contributed by atoms with E-state index in [1.807, 2.05) is 19.1 Å². The smallest absolute Gasteiger partial charge is 0.135 e. The number of thiazole rings is 1. The number of aryl methyl sites for hydroxylation is 1. The van der Waals surface area contributed by atoms with E-state index in [-0.39, 0.29) is 5.84 Å². The van der Waals surface area contributed by atoms with Crippen LogP contribution in [0.5, 0.6) is 0 Å². The summed E-state index contributed by atoms with van der Waals surface area (Å²) >= 11 is 1.43. The second-order valence-corrected chi connectivity index (χ2v) is 4.08. The Bertz CT molecular complexity index is 489. The van der Waals surface area contributed by atoms with Gasteiger partial charge in [-0.05, 0) is 19.1 Å². The number of nitrogens with one attached hydrogen (secondary N) is 1. The van der Waals surface area contributed by atoms with E-state index >= 15 is 0 Å². The molecule has 0 aliphatic carbocycles. The third kappa shape index (κ3) is 1.87. The van der Waals surface area contributed by atoms with E-state index in [0.29, 0.717) is 0 Å². The van der Waals surface area contributed by atoms with Gasteiger partial charge in [-0.3, -0.25) is 10.4 Å². The Hall–Kier alpha value is -1.75. The molecule has 0 unspecified atom stereocenters. The maximum absolute atomic E-state index is 7.39. The third-order valence-corrected chi connectivity index (χ3v) is 3.21. The molecule has 0 radical (unpaired) electrons. The van der Waals surface area contributed by atoms with Gasteiger partial charge in [-0.15, -0.1) is 11.3 Å². The van der Waals surface area contributed by atoms with Crippen LogP contribution < -0.4 is 5.73 Å². The highest BCUT2D eigenvalue weighted by Crippen LogP contribution is 2.26. The SMILES string of the molecule is Cc1nc(-c2ccncc2)sc1C(=N)N. The molecule has 0 aliphatic heterocycles. The number of hydrogen-bond acceptors (Lipinski definition) is 4. The standard InChI is InChI=1S/C10H10N4S/c1-6-8(9(11)12)15-10(14-6)7-2-4-13-5-3-7/h2-5H,1H3,(H3,11,12). The van der Waals surface area contributed by atoms with Crippen LogP contribution in [0.4, 0.5) is 0 Å². The van der Waals surface area contributed by atoms with Gasteiger partial charge in [-0.1, -0.05) is 0 Å². The molecule has 2 aromatic rings. The molecule has 0 spiro atoms. The molecule has 0 atom stereocenters. The van der Waals surface area contributed by atoms with Crippen LogP contribution >= 0.6 is 11.3 Å². The van der Waals surface area contributed by atoms with E-state index in [1.54, 1.807) is 12.4 Å². The number of nitrogens with two attached hydrogens (primary N) is 1. The highest BCUT2D eigenvalue weighted by atomic mass is 32.1. The lowest BCUT2D eigenvalue weighted by molar-refractivity contribution is 1.24. The number of rotatable bonds is 2. The minimum Gasteiger partial charge on any atom is -0.383 e. The molecule has 0 saturated heterocycles. The lowest BCUT2D eigenvalue weighted by Gasteiger charge is -1.92. The van der Waals surface area contributed by atoms with Crippen molar-refractivity contribution in [2.24, 2.45) is 5.73 Å². The van der Waals surface area contributed by atoms with Crippen LogP contribution in [0.1, 0.15) is 10.6 Å². The average Bonchev–Trinajstić information content (AvgIpc) is 2.62. The predicted octanol–water partition coefficient (Wildman–Crippen LogP) is 1.80. The van der Waals surface area contributed by atoms with E-state index in [0.717, 1.165) is 21.1 Å². The number of nitrogen functional groups attached to an aromatic ring is 1. The first-order valence-electron chi connectivity index (χ1n) is 4.40. The van der Waals surface area contributed by atoms with Gasteiger partial charge in [0.1, 0.15) is 10.8 Å². The maximum Gasteiger partial charge on any atom is 0.135 e. The fourth-order valence-electron chi connectivity index (χ4n) is 1.26. The van der Waals surface area contributed by atoms with Crippen molar-refractivity contribution in [1.29, 1.82) is 5.41 Å². The molecule has 15 heavy (non-hydrogen) atoms. The van der Waals surface area contributed by atoms with Gasteiger partial charge in [0.05, 0.1) is 10.6 Å². The van der Waals surface area contributed by atoms with Crippen LogP contribution in [0.3, 0.4) is 0 Å². The van der Waals surface area contributed by atoms with Crippen LogP contribution in [0, 0.1) is 12.3 Å². The summed E-state index contributed by atoms with van der Waals surface area (Å²) in [4.78, 5) is 9.05. The molecule has 0 aliphatic rings. The number of hydrogen-bond donors (Lipinski definition) is 2. The van der Waals surface area contributed by atoms with Crippen molar-refractivity contribution >= 4 is 17.2 Å². The summed E-state index contributed by atoms with van der Waals surface area (Å²) in [5, 5.41) is 8.26. The Balaban J connectivity index is 2.48. The second-order valence-electron chi connectivity index (χ2n) is 3.08. The molecular formula is C10H10N4S. The molecule has 2 rings (SSSR count). The van der Waals surface area contributed by atoms with E-state index in [2.05, 4.69) is 9.97 Å². The fraction of sp³-hybridized carbons (Fsp3) is 0.100. The zero-order valence-corrected chi connectivity index (χ0v) is 9.01. The first kappa shape index (κ1) is 9.79. The van der Waals surface area contributed by atoms with E-state index in [4.69, 9.17) is 11.1 Å². The van der Waals surface area contributed by atoms with Crippen molar-refractivity contribution in [3.63, 3.8) is 0 Å². The van der Waals surface area contributed by atoms with E-state index < -0.39 is 0 Å². The summed E-state index contributed by atoms with van der Waals surface area (Å²) in [6, 6.07) is 3.78. The molecule has 5 heteroatoms. The van der Waals surface area contributed by atoms with Crippen molar-refractivity contribution in [3.05, 3.63) is 35.1 Å². The Kier molecular flexibility index (Phi) is 2.47. The normalized spacial score (nSPS) is 10.2. The topological polar surface area (TPSA) is 75.7 Å². The highest BCUT2D eigenvalue weighted by Gasteiger charge is 2.10. The van der Waals surface area contributed by atoms with Gasteiger partial charge in [0.25, 0.3) is 0 Å². The highest BCUT2D eigenvalue weighted by molar-refractivity contribution is 7.17. The lowest BCUT2D eigenvalue weighted by atomic mass is 10.3. The Morgan fingerprint density at radius 3 is 2.60 bits per heavy atom. The van der Waals surface area contributed by atoms with Crippen molar-refractivity contribution in [2.75, 3.05) is 0 Å². The fourth-order valence-corrected chi connectivity index (χ4v) is 2.20. The number of pyridine rings is 1. The minimum atomic E-state index is 0.0744. The zero-order valence-electron chi connectivity index (χ0n) is 8.19. The molecule has 0 saturated carbocycles. The summed E-state index contributed by atoms with van der Waals surface area (Å²) < 4.78 is 0. The predicted molar refractivity (Wildman–Crippen MR) is 61.1 cm³/mol. The molecule has 76 valence electrons. The van der Waals surface area contributed by atoms with Crippen molar-refractivity contribution in [2.45, 2.75) is 6.92 Å². The van der Waals surface area contributed by atoms with Crippen LogP contribution in [0.15, 0.2) is 24.5 Å².